The van der Waals surface area contributed by atoms with Gasteiger partial charge in [-0.15, -0.1) is 0 Å². The third kappa shape index (κ3) is 3.92. The van der Waals surface area contributed by atoms with E-state index in [-0.39, 0.29) is 5.69 Å². The van der Waals surface area contributed by atoms with E-state index >= 15 is 0 Å². The van der Waals surface area contributed by atoms with Crippen molar-refractivity contribution in [3.63, 3.8) is 0 Å². The summed E-state index contributed by atoms with van der Waals surface area (Å²) in [6, 6.07) is 9.45. The minimum absolute atomic E-state index is 0.0224. The van der Waals surface area contributed by atoms with Crippen LogP contribution in [-0.4, -0.2) is 32.5 Å². The number of benzene rings is 2. The maximum atomic E-state index is 10.6. The van der Waals surface area contributed by atoms with Gasteiger partial charge in [0.1, 0.15) is 0 Å². The molecule has 0 atom stereocenters. The Kier molecular flexibility index (Phi) is 5.56. The Balaban J connectivity index is 2.15. The Labute approximate surface area is 138 Å². The Morgan fingerprint density at radius 1 is 1.04 bits per heavy atom. The molecule has 2 aromatic rings. The van der Waals surface area contributed by atoms with E-state index in [1.165, 1.54) is 33.5 Å². The molecule has 0 aliphatic heterocycles. The molecular formula is C16H17N3O5. The molecule has 24 heavy (non-hydrogen) atoms. The summed E-state index contributed by atoms with van der Waals surface area (Å²) in [6.07, 6.45) is 1.58. The predicted molar refractivity (Wildman–Crippen MR) is 90.4 cm³/mol. The van der Waals surface area contributed by atoms with Crippen molar-refractivity contribution >= 4 is 17.6 Å². The van der Waals surface area contributed by atoms with E-state index in [1.807, 2.05) is 0 Å². The number of hydrogen-bond donors (Lipinski definition) is 1. The van der Waals surface area contributed by atoms with Crippen molar-refractivity contribution in [2.45, 2.75) is 0 Å². The van der Waals surface area contributed by atoms with Crippen molar-refractivity contribution in [1.29, 1.82) is 0 Å². The van der Waals surface area contributed by atoms with Crippen LogP contribution in [0.1, 0.15) is 5.56 Å². The number of nitro groups is 1. The van der Waals surface area contributed by atoms with Crippen molar-refractivity contribution in [2.24, 2.45) is 5.10 Å². The summed E-state index contributed by atoms with van der Waals surface area (Å²) >= 11 is 0. The second kappa shape index (κ2) is 7.82. The van der Waals surface area contributed by atoms with Gasteiger partial charge in [0.15, 0.2) is 11.5 Å². The number of non-ortho nitro benzene ring substituents is 1. The monoisotopic (exact) mass is 331 g/mol. The van der Waals surface area contributed by atoms with Crippen LogP contribution in [0.3, 0.4) is 0 Å². The van der Waals surface area contributed by atoms with Crippen LogP contribution in [-0.2, 0) is 0 Å². The molecule has 0 unspecified atom stereocenters. The van der Waals surface area contributed by atoms with Crippen LogP contribution in [0.25, 0.3) is 0 Å². The topological polar surface area (TPSA) is 95.2 Å². The van der Waals surface area contributed by atoms with Crippen LogP contribution in [0.5, 0.6) is 17.2 Å². The summed E-state index contributed by atoms with van der Waals surface area (Å²) in [6.45, 7) is 0. The molecule has 0 amide bonds. The van der Waals surface area contributed by atoms with Crippen molar-refractivity contribution in [1.82, 2.24) is 0 Å². The summed E-state index contributed by atoms with van der Waals surface area (Å²) < 4.78 is 15.8. The lowest BCUT2D eigenvalue weighted by atomic mass is 10.2. The summed E-state index contributed by atoms with van der Waals surface area (Å²) in [5.41, 5.74) is 4.18. The number of nitrogens with zero attached hydrogens (tertiary/aromatic N) is 2. The number of hydrazone groups is 1. The first-order valence-corrected chi connectivity index (χ1v) is 6.92. The van der Waals surface area contributed by atoms with Gasteiger partial charge in [-0.1, -0.05) is 0 Å². The van der Waals surface area contributed by atoms with Crippen LogP contribution < -0.4 is 19.6 Å². The van der Waals surface area contributed by atoms with Gasteiger partial charge in [0.2, 0.25) is 5.75 Å². The molecule has 126 valence electrons. The zero-order valence-electron chi connectivity index (χ0n) is 13.5. The minimum atomic E-state index is -0.455. The molecule has 1 N–H and O–H groups in total. The van der Waals surface area contributed by atoms with Gasteiger partial charge in [-0.25, -0.2) is 0 Å². The minimum Gasteiger partial charge on any atom is -0.493 e. The Morgan fingerprint density at radius 2 is 1.62 bits per heavy atom. The number of nitro benzene ring substituents is 1. The molecular weight excluding hydrogens is 314 g/mol. The highest BCUT2D eigenvalue weighted by Crippen LogP contribution is 2.37. The summed E-state index contributed by atoms with van der Waals surface area (Å²) in [7, 11) is 4.60. The number of hydrogen-bond acceptors (Lipinski definition) is 7. The highest BCUT2D eigenvalue weighted by molar-refractivity contribution is 5.83. The standard InChI is InChI=1S/C16H17N3O5/c1-22-14-8-11(9-15(23-2)16(14)24-3)10-17-18-12-4-6-13(7-5-12)19(20)21/h4-10,18H,1-3H3/b17-10-. The highest BCUT2D eigenvalue weighted by Gasteiger charge is 2.12. The average molecular weight is 331 g/mol. The number of nitrogens with one attached hydrogen (secondary N) is 1. The number of methoxy groups -OCH3 is 3. The molecule has 0 bridgehead atoms. The van der Waals surface area contributed by atoms with Crippen LogP contribution >= 0.6 is 0 Å². The highest BCUT2D eigenvalue weighted by atomic mass is 16.6. The van der Waals surface area contributed by atoms with Gasteiger partial charge in [0.25, 0.3) is 5.69 Å². The summed E-state index contributed by atoms with van der Waals surface area (Å²) in [5, 5.41) is 14.7. The maximum absolute atomic E-state index is 10.6. The average Bonchev–Trinajstić information content (AvgIpc) is 2.61. The maximum Gasteiger partial charge on any atom is 0.269 e. The second-order valence-electron chi connectivity index (χ2n) is 4.63. The number of anilines is 1. The van der Waals surface area contributed by atoms with Gasteiger partial charge in [0, 0.05) is 17.7 Å². The van der Waals surface area contributed by atoms with E-state index in [4.69, 9.17) is 14.2 Å². The summed E-state index contributed by atoms with van der Waals surface area (Å²) in [5.74, 6) is 1.54. The first-order chi connectivity index (χ1) is 11.6. The lowest BCUT2D eigenvalue weighted by Crippen LogP contribution is -1.97. The number of ether oxygens (including phenoxy) is 3. The fourth-order valence-electron chi connectivity index (χ4n) is 2.01. The van der Waals surface area contributed by atoms with Crippen molar-refractivity contribution < 1.29 is 19.1 Å². The molecule has 0 aliphatic carbocycles. The molecule has 0 fully saturated rings. The van der Waals surface area contributed by atoms with Gasteiger partial charge in [-0.2, -0.15) is 5.10 Å². The van der Waals surface area contributed by atoms with E-state index in [0.717, 1.165) is 5.56 Å². The van der Waals surface area contributed by atoms with Crippen molar-refractivity contribution in [2.75, 3.05) is 26.8 Å². The first kappa shape index (κ1) is 17.1. The Hall–Kier alpha value is -3.29. The first-order valence-electron chi connectivity index (χ1n) is 6.92. The molecule has 8 heteroatoms. The van der Waals surface area contributed by atoms with Gasteiger partial charge in [-0.05, 0) is 24.3 Å². The van der Waals surface area contributed by atoms with Gasteiger partial charge in [0.05, 0.1) is 38.2 Å². The van der Waals surface area contributed by atoms with Crippen molar-refractivity contribution in [3.8, 4) is 17.2 Å². The largest absolute Gasteiger partial charge is 0.493 e. The Morgan fingerprint density at radius 3 is 2.08 bits per heavy atom. The predicted octanol–water partition coefficient (Wildman–Crippen LogP) is 3.07. The molecule has 0 aromatic heterocycles. The molecule has 2 rings (SSSR count). The number of rotatable bonds is 7. The van der Waals surface area contributed by atoms with Crippen LogP contribution in [0, 0.1) is 10.1 Å². The fraction of sp³-hybridized carbons (Fsp3) is 0.188. The van der Waals surface area contributed by atoms with Crippen LogP contribution in [0.2, 0.25) is 0 Å². The molecule has 0 heterocycles. The molecule has 0 radical (unpaired) electrons. The van der Waals surface area contributed by atoms with Crippen LogP contribution in [0.4, 0.5) is 11.4 Å². The smallest absolute Gasteiger partial charge is 0.269 e. The van der Waals surface area contributed by atoms with E-state index in [1.54, 1.807) is 30.5 Å². The molecule has 8 nitrogen and oxygen atoms in total. The molecule has 2 aromatic carbocycles. The lowest BCUT2D eigenvalue weighted by Gasteiger charge is -2.12. The van der Waals surface area contributed by atoms with Gasteiger partial charge in [-0.3, -0.25) is 15.5 Å². The zero-order chi connectivity index (χ0) is 17.5. The quantitative estimate of drug-likeness (QED) is 0.476. The third-order valence-electron chi connectivity index (χ3n) is 3.17. The van der Waals surface area contributed by atoms with Crippen LogP contribution in [0.15, 0.2) is 41.5 Å². The van der Waals surface area contributed by atoms with Gasteiger partial charge >= 0.3 is 0 Å². The second-order valence-corrected chi connectivity index (χ2v) is 4.63. The fourth-order valence-corrected chi connectivity index (χ4v) is 2.01. The van der Waals surface area contributed by atoms with E-state index in [2.05, 4.69) is 10.5 Å². The van der Waals surface area contributed by atoms with Gasteiger partial charge < -0.3 is 14.2 Å². The van der Waals surface area contributed by atoms with E-state index < -0.39 is 4.92 Å². The zero-order valence-corrected chi connectivity index (χ0v) is 13.5. The van der Waals surface area contributed by atoms with E-state index in [0.29, 0.717) is 22.9 Å². The molecule has 0 saturated heterocycles. The summed E-state index contributed by atoms with van der Waals surface area (Å²) in [4.78, 5) is 10.2. The van der Waals surface area contributed by atoms with Crippen molar-refractivity contribution in [3.05, 3.63) is 52.1 Å². The SMILES string of the molecule is COc1cc(/C=N\Nc2ccc([N+](=O)[O-])cc2)cc(OC)c1OC. The molecule has 0 saturated carbocycles. The molecule has 0 spiro atoms. The molecule has 0 aliphatic rings. The Bertz CT molecular complexity index is 719. The lowest BCUT2D eigenvalue weighted by molar-refractivity contribution is -0.384. The normalized spacial score (nSPS) is 10.5. The third-order valence-corrected chi connectivity index (χ3v) is 3.17. The van der Waals surface area contributed by atoms with E-state index in [9.17, 15) is 10.1 Å².